The first-order valence-electron chi connectivity index (χ1n) is 3.46. The Morgan fingerprint density at radius 2 is 1.79 bits per heavy atom. The van der Waals surface area contributed by atoms with E-state index in [1.807, 2.05) is 0 Å². The molecule has 8 heteroatoms. The van der Waals surface area contributed by atoms with Crippen LogP contribution in [0.2, 0.25) is 0 Å². The monoisotopic (exact) mass is 243 g/mol. The number of carboxylic acid groups (broad SMARTS) is 1. The molecular weight excluding hydrogens is 230 g/mol. The Labute approximate surface area is 88.1 Å². The van der Waals surface area contributed by atoms with Gasteiger partial charge in [-0.2, -0.15) is 0 Å². The minimum absolute atomic E-state index is 0.769. The van der Waals surface area contributed by atoms with Crippen molar-refractivity contribution in [1.29, 1.82) is 0 Å². The molecule has 6 nitrogen and oxygen atoms in total. The van der Waals surface area contributed by atoms with Gasteiger partial charge in [-0.1, -0.05) is 0 Å². The third-order valence-corrected chi connectivity index (χ3v) is 0.891. The highest BCUT2D eigenvalue weighted by Crippen LogP contribution is 2.00. The number of aliphatic carboxylic acids is 1. The fourth-order valence-electron chi connectivity index (χ4n) is 0.185. The van der Waals surface area contributed by atoms with E-state index in [1.165, 1.54) is 0 Å². The van der Waals surface area contributed by atoms with Crippen LogP contribution in [0.3, 0.4) is 0 Å². The molecule has 1 saturated heterocycles. The number of thiocarbonyl (C=S) groups is 1. The van der Waals surface area contributed by atoms with E-state index in [2.05, 4.69) is 22.1 Å². The van der Waals surface area contributed by atoms with Crippen molar-refractivity contribution in [3.63, 3.8) is 0 Å². The van der Waals surface area contributed by atoms with E-state index in [4.69, 9.17) is 9.90 Å². The Kier molecular flexibility index (Phi) is 8.60. The summed E-state index contributed by atoms with van der Waals surface area (Å²) in [6, 6.07) is 0. The van der Waals surface area contributed by atoms with Gasteiger partial charge in [0.25, 0.3) is 5.97 Å². The van der Waals surface area contributed by atoms with Crippen LogP contribution in [0.1, 0.15) is 13.3 Å². The summed E-state index contributed by atoms with van der Waals surface area (Å²) >= 11 is 4.56. The molecule has 84 valence electrons. The van der Waals surface area contributed by atoms with Crippen molar-refractivity contribution in [2.24, 2.45) is 5.14 Å². The zero-order valence-electron chi connectivity index (χ0n) is 7.89. The molecule has 1 rings (SSSR count). The SMILES string of the molecule is CC(=O)O.CS(N)(=O)=O.S=C1CCO1. The summed E-state index contributed by atoms with van der Waals surface area (Å²) in [4.78, 5) is 9.00. The number of nitrogens with two attached hydrogens (primary N) is 1. The highest BCUT2D eigenvalue weighted by Gasteiger charge is 2.05. The molecule has 1 aliphatic heterocycles. The number of primary sulfonamides is 1. The van der Waals surface area contributed by atoms with Crippen LogP contribution in [-0.2, 0) is 19.6 Å². The number of carboxylic acids is 1. The number of ether oxygens (including phenoxy) is 1. The number of rotatable bonds is 0. The summed E-state index contributed by atoms with van der Waals surface area (Å²) in [6.07, 6.45) is 1.93. The molecule has 0 aromatic carbocycles. The second kappa shape index (κ2) is 7.65. The standard InChI is InChI=1S/C3H4OS.C2H4O2.CH5NO2S/c5-3-1-2-4-3;1-2(3)4;1-5(2,3)4/h1-2H2;1H3,(H,3,4);1H3,(H2,2,3,4). The van der Waals surface area contributed by atoms with Crippen molar-refractivity contribution in [2.45, 2.75) is 13.3 Å². The summed E-state index contributed by atoms with van der Waals surface area (Å²) in [5.41, 5.74) is 0. The third kappa shape index (κ3) is 42.8. The number of sulfonamides is 1. The maximum Gasteiger partial charge on any atom is 0.300 e. The molecule has 0 aromatic heterocycles. The Balaban J connectivity index is 0. The molecule has 3 N–H and O–H groups in total. The van der Waals surface area contributed by atoms with Crippen molar-refractivity contribution in [3.8, 4) is 0 Å². The summed E-state index contributed by atoms with van der Waals surface area (Å²) < 4.78 is 23.5. The van der Waals surface area contributed by atoms with E-state index in [9.17, 15) is 8.42 Å². The smallest absolute Gasteiger partial charge is 0.300 e. The molecule has 1 fully saturated rings. The molecule has 0 aliphatic carbocycles. The average Bonchev–Trinajstić information content (AvgIpc) is 1.77. The molecule has 1 aliphatic rings. The minimum Gasteiger partial charge on any atom is -0.486 e. The normalized spacial score (nSPS) is 13.2. The maximum atomic E-state index is 9.41. The molecule has 0 saturated carbocycles. The molecule has 0 spiro atoms. The summed E-state index contributed by atoms with van der Waals surface area (Å²) in [7, 11) is -3.17. The highest BCUT2D eigenvalue weighted by molar-refractivity contribution is 7.88. The first-order valence-corrected chi connectivity index (χ1v) is 5.82. The predicted molar refractivity (Wildman–Crippen MR) is 55.5 cm³/mol. The minimum atomic E-state index is -3.17. The first kappa shape index (κ1) is 15.7. The quantitative estimate of drug-likeness (QED) is 0.567. The van der Waals surface area contributed by atoms with Gasteiger partial charge < -0.3 is 9.84 Å². The van der Waals surface area contributed by atoms with Crippen molar-refractivity contribution in [3.05, 3.63) is 0 Å². The average molecular weight is 243 g/mol. The van der Waals surface area contributed by atoms with Crippen molar-refractivity contribution < 1.29 is 23.1 Å². The lowest BCUT2D eigenvalue weighted by molar-refractivity contribution is -0.134. The van der Waals surface area contributed by atoms with Gasteiger partial charge in [-0.15, -0.1) is 0 Å². The molecule has 0 amide bonds. The van der Waals surface area contributed by atoms with E-state index >= 15 is 0 Å². The maximum absolute atomic E-state index is 9.41. The molecule has 1 heterocycles. The largest absolute Gasteiger partial charge is 0.486 e. The molecule has 0 radical (unpaired) electrons. The van der Waals surface area contributed by atoms with Crippen molar-refractivity contribution in [1.82, 2.24) is 0 Å². The van der Waals surface area contributed by atoms with E-state index in [-0.39, 0.29) is 0 Å². The van der Waals surface area contributed by atoms with Gasteiger partial charge >= 0.3 is 0 Å². The van der Waals surface area contributed by atoms with Gasteiger partial charge in [0.2, 0.25) is 10.0 Å². The third-order valence-electron chi connectivity index (χ3n) is 0.569. The van der Waals surface area contributed by atoms with E-state index in [0.29, 0.717) is 0 Å². The van der Waals surface area contributed by atoms with Gasteiger partial charge in [0, 0.05) is 6.92 Å². The second-order valence-electron chi connectivity index (χ2n) is 2.32. The first-order chi connectivity index (χ1) is 6.13. The predicted octanol–water partition coefficient (Wildman–Crippen LogP) is -0.270. The van der Waals surface area contributed by atoms with Gasteiger partial charge in [-0.25, -0.2) is 13.6 Å². The van der Waals surface area contributed by atoms with Crippen LogP contribution in [-0.4, -0.2) is 37.4 Å². The van der Waals surface area contributed by atoms with Crippen LogP contribution < -0.4 is 5.14 Å². The highest BCUT2D eigenvalue weighted by atomic mass is 32.2. The van der Waals surface area contributed by atoms with Crippen LogP contribution in [0.5, 0.6) is 0 Å². The van der Waals surface area contributed by atoms with Gasteiger partial charge in [-0.05, 0) is 12.2 Å². The van der Waals surface area contributed by atoms with Crippen molar-refractivity contribution >= 4 is 33.3 Å². The molecule has 0 bridgehead atoms. The molecule has 0 atom stereocenters. The van der Waals surface area contributed by atoms with Crippen LogP contribution in [0.4, 0.5) is 0 Å². The van der Waals surface area contributed by atoms with Crippen LogP contribution >= 0.6 is 12.2 Å². The van der Waals surface area contributed by atoms with Crippen LogP contribution in [0.25, 0.3) is 0 Å². The van der Waals surface area contributed by atoms with Gasteiger partial charge in [0.15, 0.2) is 5.05 Å². The van der Waals surface area contributed by atoms with E-state index in [1.54, 1.807) is 0 Å². The zero-order chi connectivity index (χ0) is 11.8. The van der Waals surface area contributed by atoms with Gasteiger partial charge in [0.1, 0.15) is 0 Å². The lowest BCUT2D eigenvalue weighted by Crippen LogP contribution is -2.16. The Morgan fingerprint density at radius 1 is 1.64 bits per heavy atom. The van der Waals surface area contributed by atoms with Gasteiger partial charge in [-0.3, -0.25) is 4.79 Å². The summed E-state index contributed by atoms with van der Waals surface area (Å²) in [5, 5.41) is 12.5. The molecular formula is C6H13NO5S2. The van der Waals surface area contributed by atoms with Crippen LogP contribution in [0, 0.1) is 0 Å². The molecule has 14 heavy (non-hydrogen) atoms. The fourth-order valence-corrected chi connectivity index (χ4v) is 0.352. The Morgan fingerprint density at radius 3 is 1.79 bits per heavy atom. The van der Waals surface area contributed by atoms with Crippen LogP contribution in [0.15, 0.2) is 0 Å². The Hall–Kier alpha value is -0.730. The zero-order valence-corrected chi connectivity index (χ0v) is 9.52. The number of carbonyl (C=O) groups is 1. The van der Waals surface area contributed by atoms with Crippen molar-refractivity contribution in [2.75, 3.05) is 12.9 Å². The van der Waals surface area contributed by atoms with E-state index < -0.39 is 16.0 Å². The lowest BCUT2D eigenvalue weighted by atomic mass is 10.4. The van der Waals surface area contributed by atoms with E-state index in [0.717, 1.165) is 31.3 Å². The second-order valence-corrected chi connectivity index (χ2v) is 4.43. The van der Waals surface area contributed by atoms with Gasteiger partial charge in [0.05, 0.1) is 19.3 Å². The Bertz CT molecular complexity index is 267. The number of hydrogen-bond acceptors (Lipinski definition) is 5. The topological polar surface area (TPSA) is 107 Å². The number of hydrogen-bond donors (Lipinski definition) is 2. The molecule has 0 aromatic rings. The summed E-state index contributed by atoms with van der Waals surface area (Å²) in [6.45, 7) is 1.93. The summed E-state index contributed by atoms with van der Waals surface area (Å²) in [5.74, 6) is -0.833. The lowest BCUT2D eigenvalue weighted by Gasteiger charge is -2.13. The fraction of sp³-hybridized carbons (Fsp3) is 0.667. The molecule has 0 unspecified atom stereocenters.